The molecule has 0 radical (unpaired) electrons. The van der Waals surface area contributed by atoms with E-state index >= 15 is 0 Å². The van der Waals surface area contributed by atoms with Crippen molar-refractivity contribution in [1.29, 1.82) is 0 Å². The van der Waals surface area contributed by atoms with Crippen LogP contribution >= 0.6 is 24.8 Å². The van der Waals surface area contributed by atoms with Gasteiger partial charge in [0, 0.05) is 37.9 Å². The zero-order valence-electron chi connectivity index (χ0n) is 10.1. The second kappa shape index (κ2) is 8.58. The average molecular weight is 318 g/mol. The quantitative estimate of drug-likeness (QED) is 0.867. The molecule has 2 heterocycles. The van der Waals surface area contributed by atoms with Gasteiger partial charge in [-0.1, -0.05) is 6.07 Å². The molecule has 0 aromatic carbocycles. The molecule has 0 aliphatic carbocycles. The summed E-state index contributed by atoms with van der Waals surface area (Å²) in [5, 5.41) is 3.08. The van der Waals surface area contributed by atoms with Gasteiger partial charge in [-0.25, -0.2) is 13.8 Å². The highest BCUT2D eigenvalue weighted by molar-refractivity contribution is 5.85. The third-order valence-electron chi connectivity index (χ3n) is 2.89. The van der Waals surface area contributed by atoms with E-state index in [1.807, 2.05) is 0 Å². The fourth-order valence-electron chi connectivity index (χ4n) is 2.07. The number of hydrogen-bond acceptors (Lipinski definition) is 3. The van der Waals surface area contributed by atoms with Gasteiger partial charge in [-0.05, 0) is 6.07 Å². The van der Waals surface area contributed by atoms with Crippen LogP contribution in [0.25, 0.3) is 0 Å². The zero-order valence-corrected chi connectivity index (χ0v) is 11.7. The van der Waals surface area contributed by atoms with E-state index in [4.69, 9.17) is 0 Å². The van der Waals surface area contributed by atoms with Crippen LogP contribution in [0.2, 0.25) is 0 Å². The zero-order chi connectivity index (χ0) is 12.3. The van der Waals surface area contributed by atoms with Gasteiger partial charge in [0.05, 0.1) is 0 Å². The molecule has 0 amide bonds. The van der Waals surface area contributed by atoms with Gasteiger partial charge in [0.2, 0.25) is 5.95 Å². The Bertz CT molecular complexity index is 376. The summed E-state index contributed by atoms with van der Waals surface area (Å²) in [6, 6.07) is 1.66. The molecule has 1 fully saturated rings. The second-order valence-electron chi connectivity index (χ2n) is 3.95. The molecule has 110 valence electrons. The molecule has 0 saturated carbocycles. The van der Waals surface area contributed by atoms with Crippen molar-refractivity contribution >= 4 is 24.8 Å². The number of alkyl halides is 2. The van der Waals surface area contributed by atoms with Crippen LogP contribution in [0.15, 0.2) is 18.3 Å². The lowest BCUT2D eigenvalue weighted by atomic mass is 10.1. The number of rotatable bonds is 3. The fourth-order valence-corrected chi connectivity index (χ4v) is 2.07. The molecule has 1 aromatic rings. The summed E-state index contributed by atoms with van der Waals surface area (Å²) in [5.41, 5.74) is -0.0237. The molecule has 1 N–H and O–H groups in total. The van der Waals surface area contributed by atoms with E-state index in [2.05, 4.69) is 10.3 Å². The Morgan fingerprint density at radius 1 is 1.21 bits per heavy atom. The number of piperazine rings is 1. The van der Waals surface area contributed by atoms with Crippen LogP contribution in [-0.4, -0.2) is 42.5 Å². The van der Waals surface area contributed by atoms with Crippen LogP contribution in [0.5, 0.6) is 0 Å². The molecule has 8 heteroatoms. The maximum atomic E-state index is 13.5. The lowest BCUT2D eigenvalue weighted by Crippen LogP contribution is -2.47. The largest absolute Gasteiger partial charge is 0.314 e. The maximum absolute atomic E-state index is 13.5. The monoisotopic (exact) mass is 317 g/mol. The minimum absolute atomic E-state index is 0. The van der Waals surface area contributed by atoms with Gasteiger partial charge < -0.3 is 5.32 Å². The fraction of sp³-hybridized carbons (Fsp3) is 0.545. The molecule has 1 atom stereocenters. The van der Waals surface area contributed by atoms with Gasteiger partial charge in [-0.2, -0.15) is 4.39 Å². The average Bonchev–Trinajstić information content (AvgIpc) is 2.33. The topological polar surface area (TPSA) is 28.2 Å². The number of hydrogen-bond donors (Lipinski definition) is 1. The van der Waals surface area contributed by atoms with Gasteiger partial charge in [0.15, 0.2) is 0 Å². The van der Waals surface area contributed by atoms with Gasteiger partial charge in [-0.15, -0.1) is 24.8 Å². The summed E-state index contributed by atoms with van der Waals surface area (Å²) in [6.07, 6.45) is -1.36. The minimum Gasteiger partial charge on any atom is -0.314 e. The van der Waals surface area contributed by atoms with E-state index in [1.54, 1.807) is 4.90 Å². The Kier molecular flexibility index (Phi) is 8.33. The highest BCUT2D eigenvalue weighted by Crippen LogP contribution is 2.28. The summed E-state index contributed by atoms with van der Waals surface area (Å²) < 4.78 is 39.7. The predicted molar refractivity (Wildman–Crippen MR) is 71.9 cm³/mol. The van der Waals surface area contributed by atoms with Crippen molar-refractivity contribution < 1.29 is 13.2 Å². The van der Waals surface area contributed by atoms with Crippen molar-refractivity contribution in [3.8, 4) is 0 Å². The van der Waals surface area contributed by atoms with Crippen molar-refractivity contribution in [3.05, 3.63) is 29.8 Å². The standard InChI is InChI=1S/C11H14F3N3.2ClH/c12-10(13)9(17-6-4-15-5-7-17)8-2-1-3-16-11(8)14;;/h1-3,9-10,15H,4-7H2;2*1H/t9-;;/m0../s1. The molecular formula is C11H16Cl2F3N3. The van der Waals surface area contributed by atoms with Crippen molar-refractivity contribution in [2.24, 2.45) is 0 Å². The third kappa shape index (κ3) is 4.49. The van der Waals surface area contributed by atoms with Crippen LogP contribution in [-0.2, 0) is 0 Å². The van der Waals surface area contributed by atoms with Crippen LogP contribution in [0, 0.1) is 5.95 Å². The van der Waals surface area contributed by atoms with Crippen LogP contribution in [0.1, 0.15) is 11.6 Å². The van der Waals surface area contributed by atoms with Gasteiger partial charge in [0.1, 0.15) is 6.04 Å². The molecule has 3 nitrogen and oxygen atoms in total. The van der Waals surface area contributed by atoms with E-state index in [1.165, 1.54) is 18.3 Å². The molecule has 1 aliphatic heterocycles. The van der Waals surface area contributed by atoms with E-state index < -0.39 is 18.4 Å². The first-order chi connectivity index (χ1) is 8.20. The smallest absolute Gasteiger partial charge is 0.258 e. The van der Waals surface area contributed by atoms with Gasteiger partial charge in [0.25, 0.3) is 6.43 Å². The van der Waals surface area contributed by atoms with Crippen LogP contribution in [0.3, 0.4) is 0 Å². The summed E-state index contributed by atoms with van der Waals surface area (Å²) in [6.45, 7) is 2.27. The molecule has 19 heavy (non-hydrogen) atoms. The van der Waals surface area contributed by atoms with E-state index in [0.29, 0.717) is 26.2 Å². The molecule has 1 aliphatic rings. The predicted octanol–water partition coefficient (Wildman–Crippen LogP) is 2.28. The summed E-state index contributed by atoms with van der Waals surface area (Å²) in [5.74, 6) is -0.809. The number of pyridine rings is 1. The van der Waals surface area contributed by atoms with Crippen molar-refractivity contribution in [3.63, 3.8) is 0 Å². The first-order valence-electron chi connectivity index (χ1n) is 5.53. The summed E-state index contributed by atoms with van der Waals surface area (Å²) in [4.78, 5) is 5.03. The first kappa shape index (κ1) is 18.4. The molecule has 0 unspecified atom stereocenters. The summed E-state index contributed by atoms with van der Waals surface area (Å²) >= 11 is 0. The summed E-state index contributed by atoms with van der Waals surface area (Å²) in [7, 11) is 0. The third-order valence-corrected chi connectivity index (χ3v) is 2.89. The Morgan fingerprint density at radius 3 is 2.37 bits per heavy atom. The van der Waals surface area contributed by atoms with Crippen molar-refractivity contribution in [1.82, 2.24) is 15.2 Å². The van der Waals surface area contributed by atoms with Gasteiger partial charge >= 0.3 is 0 Å². The SMILES string of the molecule is Cl.Cl.Fc1ncccc1[C@@H](C(F)F)N1CCNCC1. The second-order valence-corrected chi connectivity index (χ2v) is 3.95. The van der Waals surface area contributed by atoms with E-state index in [9.17, 15) is 13.2 Å². The van der Waals surface area contributed by atoms with E-state index in [0.717, 1.165) is 0 Å². The molecule has 2 rings (SSSR count). The van der Waals surface area contributed by atoms with Gasteiger partial charge in [-0.3, -0.25) is 4.90 Å². The Morgan fingerprint density at radius 2 is 1.84 bits per heavy atom. The van der Waals surface area contributed by atoms with E-state index in [-0.39, 0.29) is 30.4 Å². The number of halogens is 5. The first-order valence-corrected chi connectivity index (χ1v) is 5.53. The molecule has 1 aromatic heterocycles. The highest BCUT2D eigenvalue weighted by atomic mass is 35.5. The normalized spacial score (nSPS) is 17.5. The Labute approximate surface area is 122 Å². The lowest BCUT2D eigenvalue weighted by Gasteiger charge is -2.34. The van der Waals surface area contributed by atoms with Crippen LogP contribution < -0.4 is 5.32 Å². The molecule has 0 bridgehead atoms. The van der Waals surface area contributed by atoms with Crippen molar-refractivity contribution in [2.45, 2.75) is 12.5 Å². The Balaban J connectivity index is 0.00000162. The molecule has 1 saturated heterocycles. The highest BCUT2D eigenvalue weighted by Gasteiger charge is 2.32. The number of aromatic nitrogens is 1. The number of nitrogens with one attached hydrogen (secondary N) is 1. The maximum Gasteiger partial charge on any atom is 0.258 e. The molecule has 0 spiro atoms. The number of nitrogens with zero attached hydrogens (tertiary/aromatic N) is 2. The lowest BCUT2D eigenvalue weighted by molar-refractivity contribution is 0.0160. The Hall–Kier alpha value is -0.560. The minimum atomic E-state index is -2.62. The van der Waals surface area contributed by atoms with Crippen molar-refractivity contribution in [2.75, 3.05) is 26.2 Å². The molecular weight excluding hydrogens is 302 g/mol. The van der Waals surface area contributed by atoms with Crippen LogP contribution in [0.4, 0.5) is 13.2 Å².